The number of hydrogen-bond donors (Lipinski definition) is 2. The van der Waals surface area contributed by atoms with Crippen molar-refractivity contribution in [3.8, 4) is 21.8 Å². The Morgan fingerprint density at radius 3 is 2.81 bits per heavy atom. The molecular formula is C19H14ClN3O2S. The van der Waals surface area contributed by atoms with E-state index in [1.807, 2.05) is 42.5 Å². The second-order valence-corrected chi connectivity index (χ2v) is 7.27. The van der Waals surface area contributed by atoms with E-state index in [0.29, 0.717) is 21.6 Å². The molecule has 1 aromatic carbocycles. The molecule has 0 aliphatic carbocycles. The van der Waals surface area contributed by atoms with Gasteiger partial charge in [0.05, 0.1) is 22.6 Å². The maximum absolute atomic E-state index is 12.5. The first kappa shape index (κ1) is 16.6. The van der Waals surface area contributed by atoms with E-state index in [1.54, 1.807) is 18.6 Å². The van der Waals surface area contributed by atoms with Crippen LogP contribution >= 0.6 is 22.9 Å². The molecule has 2 N–H and O–H groups in total. The largest absolute Gasteiger partial charge is 0.439 e. The number of rotatable bonds is 5. The van der Waals surface area contributed by atoms with E-state index in [0.717, 1.165) is 16.0 Å². The van der Waals surface area contributed by atoms with Crippen molar-refractivity contribution in [3.05, 3.63) is 76.8 Å². The standard InChI is InChI=1S/C19H14ClN3O2S/c20-17-7-6-16(26-17)13-8-21-9-14(13)19(24)23-11-18-22-10-15(25-18)12-4-2-1-3-5-12/h1-10,21H,11H2,(H,23,24). The normalized spacial score (nSPS) is 10.8. The first-order valence-electron chi connectivity index (χ1n) is 7.91. The fourth-order valence-electron chi connectivity index (χ4n) is 2.59. The molecule has 0 aliphatic heterocycles. The van der Waals surface area contributed by atoms with Gasteiger partial charge in [-0.05, 0) is 12.1 Å². The fourth-order valence-corrected chi connectivity index (χ4v) is 3.67. The number of amides is 1. The van der Waals surface area contributed by atoms with Gasteiger partial charge in [-0.3, -0.25) is 4.79 Å². The lowest BCUT2D eigenvalue weighted by Crippen LogP contribution is -2.22. The number of oxazole rings is 1. The first-order valence-corrected chi connectivity index (χ1v) is 9.11. The minimum absolute atomic E-state index is 0.203. The predicted molar refractivity (Wildman–Crippen MR) is 102 cm³/mol. The predicted octanol–water partition coefficient (Wildman–Crippen LogP) is 4.98. The van der Waals surface area contributed by atoms with Crippen LogP contribution in [0.2, 0.25) is 4.34 Å². The molecule has 0 unspecified atom stereocenters. The van der Waals surface area contributed by atoms with Gasteiger partial charge in [0.1, 0.15) is 0 Å². The van der Waals surface area contributed by atoms with E-state index in [-0.39, 0.29) is 12.5 Å². The number of hydrogen-bond acceptors (Lipinski definition) is 4. The molecule has 5 nitrogen and oxygen atoms in total. The summed E-state index contributed by atoms with van der Waals surface area (Å²) in [6.45, 7) is 0.210. The van der Waals surface area contributed by atoms with Crippen molar-refractivity contribution in [2.45, 2.75) is 6.54 Å². The number of H-pyrrole nitrogens is 1. The quantitative estimate of drug-likeness (QED) is 0.510. The van der Waals surface area contributed by atoms with Gasteiger partial charge in [-0.1, -0.05) is 41.9 Å². The molecule has 0 aliphatic rings. The Kier molecular flexibility index (Phi) is 4.60. The highest BCUT2D eigenvalue weighted by atomic mass is 35.5. The lowest BCUT2D eigenvalue weighted by molar-refractivity contribution is 0.0948. The van der Waals surface area contributed by atoms with Gasteiger partial charge in [0.25, 0.3) is 5.91 Å². The molecule has 7 heteroatoms. The Labute approximate surface area is 158 Å². The molecule has 3 heterocycles. The highest BCUT2D eigenvalue weighted by Crippen LogP contribution is 2.33. The molecule has 0 spiro atoms. The summed E-state index contributed by atoms with van der Waals surface area (Å²) < 4.78 is 6.39. The number of aromatic nitrogens is 2. The van der Waals surface area contributed by atoms with Crippen molar-refractivity contribution in [1.82, 2.24) is 15.3 Å². The maximum atomic E-state index is 12.5. The SMILES string of the molecule is O=C(NCc1ncc(-c2ccccc2)o1)c1c[nH]cc1-c1ccc(Cl)s1. The van der Waals surface area contributed by atoms with Gasteiger partial charge in [0, 0.05) is 28.4 Å². The van der Waals surface area contributed by atoms with Crippen LogP contribution in [0.1, 0.15) is 16.2 Å². The minimum atomic E-state index is -0.203. The van der Waals surface area contributed by atoms with Crippen LogP contribution in [0.4, 0.5) is 0 Å². The smallest absolute Gasteiger partial charge is 0.253 e. The Morgan fingerprint density at radius 1 is 1.19 bits per heavy atom. The Hall–Kier alpha value is -2.83. The fraction of sp³-hybridized carbons (Fsp3) is 0.0526. The summed E-state index contributed by atoms with van der Waals surface area (Å²) in [5.41, 5.74) is 2.32. The summed E-state index contributed by atoms with van der Waals surface area (Å²) >= 11 is 7.42. The molecule has 0 fully saturated rings. The molecule has 0 atom stereocenters. The third-order valence-electron chi connectivity index (χ3n) is 3.84. The zero-order valence-electron chi connectivity index (χ0n) is 13.5. The van der Waals surface area contributed by atoms with E-state index >= 15 is 0 Å². The molecule has 0 bridgehead atoms. The molecule has 4 aromatic rings. The highest BCUT2D eigenvalue weighted by molar-refractivity contribution is 7.19. The van der Waals surface area contributed by atoms with E-state index in [2.05, 4.69) is 15.3 Å². The number of carbonyl (C=O) groups excluding carboxylic acids is 1. The number of carbonyl (C=O) groups is 1. The van der Waals surface area contributed by atoms with Gasteiger partial charge >= 0.3 is 0 Å². The molecule has 3 aromatic heterocycles. The Morgan fingerprint density at radius 2 is 2.04 bits per heavy atom. The second kappa shape index (κ2) is 7.19. The lowest BCUT2D eigenvalue weighted by Gasteiger charge is -2.03. The van der Waals surface area contributed by atoms with Crippen LogP contribution in [0.25, 0.3) is 21.8 Å². The van der Waals surface area contributed by atoms with E-state index in [1.165, 1.54) is 11.3 Å². The van der Waals surface area contributed by atoms with Crippen LogP contribution in [0, 0.1) is 0 Å². The van der Waals surface area contributed by atoms with Crippen molar-refractivity contribution in [2.75, 3.05) is 0 Å². The van der Waals surface area contributed by atoms with E-state index < -0.39 is 0 Å². The summed E-state index contributed by atoms with van der Waals surface area (Å²) in [5.74, 6) is 0.920. The second-order valence-electron chi connectivity index (χ2n) is 5.55. The van der Waals surface area contributed by atoms with Crippen molar-refractivity contribution in [1.29, 1.82) is 0 Å². The number of aromatic amines is 1. The molecule has 1 amide bonds. The lowest BCUT2D eigenvalue weighted by atomic mass is 10.1. The van der Waals surface area contributed by atoms with Gasteiger partial charge in [0.15, 0.2) is 5.76 Å². The van der Waals surface area contributed by atoms with Crippen molar-refractivity contribution in [2.24, 2.45) is 0 Å². The molecule has 4 rings (SSSR count). The monoisotopic (exact) mass is 383 g/mol. The summed E-state index contributed by atoms with van der Waals surface area (Å²) in [5, 5.41) is 2.84. The van der Waals surface area contributed by atoms with Crippen LogP contribution in [-0.4, -0.2) is 15.9 Å². The molecule has 0 saturated heterocycles. The minimum Gasteiger partial charge on any atom is -0.439 e. The topological polar surface area (TPSA) is 70.9 Å². The number of benzene rings is 1. The molecule has 0 saturated carbocycles. The van der Waals surface area contributed by atoms with Gasteiger partial charge in [-0.15, -0.1) is 11.3 Å². The van der Waals surface area contributed by atoms with Crippen LogP contribution < -0.4 is 5.32 Å². The number of halogens is 1. The Bertz CT molecular complexity index is 1040. The average molecular weight is 384 g/mol. The van der Waals surface area contributed by atoms with E-state index in [4.69, 9.17) is 16.0 Å². The third kappa shape index (κ3) is 3.42. The maximum Gasteiger partial charge on any atom is 0.253 e. The summed E-state index contributed by atoms with van der Waals surface area (Å²) in [7, 11) is 0. The first-order chi connectivity index (χ1) is 12.7. The number of thiophene rings is 1. The molecule has 26 heavy (non-hydrogen) atoms. The molecular weight excluding hydrogens is 370 g/mol. The zero-order valence-corrected chi connectivity index (χ0v) is 15.1. The average Bonchev–Trinajstić information content (AvgIpc) is 3.40. The zero-order chi connectivity index (χ0) is 17.9. The van der Waals surface area contributed by atoms with Crippen molar-refractivity contribution >= 4 is 28.8 Å². The highest BCUT2D eigenvalue weighted by Gasteiger charge is 2.16. The number of nitrogens with zero attached hydrogens (tertiary/aromatic N) is 1. The Balaban J connectivity index is 1.45. The van der Waals surface area contributed by atoms with Gasteiger partial charge < -0.3 is 14.7 Å². The van der Waals surface area contributed by atoms with Gasteiger partial charge in [-0.2, -0.15) is 0 Å². The number of nitrogens with one attached hydrogen (secondary N) is 2. The van der Waals surface area contributed by atoms with Crippen molar-refractivity contribution in [3.63, 3.8) is 0 Å². The van der Waals surface area contributed by atoms with Crippen LogP contribution in [0.5, 0.6) is 0 Å². The molecule has 130 valence electrons. The van der Waals surface area contributed by atoms with Gasteiger partial charge in [-0.25, -0.2) is 4.98 Å². The van der Waals surface area contributed by atoms with Gasteiger partial charge in [0.2, 0.25) is 5.89 Å². The van der Waals surface area contributed by atoms with Crippen LogP contribution in [0.3, 0.4) is 0 Å². The summed E-state index contributed by atoms with van der Waals surface area (Å²) in [6, 6.07) is 13.4. The van der Waals surface area contributed by atoms with Crippen molar-refractivity contribution < 1.29 is 9.21 Å². The summed E-state index contributed by atoms with van der Waals surface area (Å²) in [6.07, 6.45) is 5.12. The van der Waals surface area contributed by atoms with E-state index in [9.17, 15) is 4.79 Å². The molecule has 0 radical (unpaired) electrons. The van der Waals surface area contributed by atoms with Crippen LogP contribution in [-0.2, 0) is 6.54 Å². The van der Waals surface area contributed by atoms with Crippen LogP contribution in [0.15, 0.2) is 65.5 Å². The third-order valence-corrected chi connectivity index (χ3v) is 5.11. The summed E-state index contributed by atoms with van der Waals surface area (Å²) in [4.78, 5) is 20.7.